The van der Waals surface area contributed by atoms with Gasteiger partial charge in [-0.05, 0) is 30.3 Å². The van der Waals surface area contributed by atoms with Crippen molar-refractivity contribution in [1.82, 2.24) is 14.9 Å². The average Bonchev–Trinajstić information content (AvgIpc) is 3.10. The molecule has 3 aromatic carbocycles. The van der Waals surface area contributed by atoms with Crippen LogP contribution in [0.3, 0.4) is 0 Å². The fourth-order valence-corrected chi connectivity index (χ4v) is 3.56. The highest BCUT2D eigenvalue weighted by molar-refractivity contribution is 6.33. The lowest BCUT2D eigenvalue weighted by molar-refractivity contribution is 0.0949. The number of carbonyl (C=O) groups is 1. The summed E-state index contributed by atoms with van der Waals surface area (Å²) in [6, 6.07) is 22.8. The van der Waals surface area contributed by atoms with Crippen LogP contribution in [0.1, 0.15) is 21.7 Å². The first-order valence-corrected chi connectivity index (χ1v) is 9.64. The molecule has 1 N–H and O–H groups in total. The number of para-hydroxylation sites is 3. The zero-order valence-corrected chi connectivity index (χ0v) is 16.7. The number of fused-ring (bicyclic) bond motifs is 1. The van der Waals surface area contributed by atoms with E-state index >= 15 is 0 Å². The van der Waals surface area contributed by atoms with E-state index in [2.05, 4.69) is 9.88 Å². The van der Waals surface area contributed by atoms with Gasteiger partial charge in [-0.3, -0.25) is 4.79 Å². The molecule has 0 atom stereocenters. The molecule has 6 heteroatoms. The maximum Gasteiger partial charge on any atom is 0.253 e. The molecule has 0 aliphatic rings. The Hall–Kier alpha value is -3.31. The number of ether oxygens (including phenoxy) is 1. The van der Waals surface area contributed by atoms with Crippen LogP contribution in [-0.2, 0) is 13.1 Å². The van der Waals surface area contributed by atoms with Gasteiger partial charge in [-0.2, -0.15) is 0 Å². The number of nitrogens with zero attached hydrogens (tertiary/aromatic N) is 2. The summed E-state index contributed by atoms with van der Waals surface area (Å²) in [6.45, 7) is 0.871. The fraction of sp³-hybridized carbons (Fsp3) is 0.130. The second kappa shape index (κ2) is 8.37. The standard InChI is InChI=1S/C23H20ClN3O2/c1-29-21-13-7-2-8-16(21)15-27-20-12-6-5-11-19(20)26-22(27)14-25-23(28)17-9-3-4-10-18(17)24/h2-13H,14-15H2,1H3,(H,25,28). The van der Waals surface area contributed by atoms with E-state index in [1.807, 2.05) is 48.5 Å². The largest absolute Gasteiger partial charge is 0.496 e. The minimum atomic E-state index is -0.230. The van der Waals surface area contributed by atoms with Crippen molar-refractivity contribution in [1.29, 1.82) is 0 Å². The van der Waals surface area contributed by atoms with Gasteiger partial charge in [0, 0.05) is 5.56 Å². The molecule has 4 aromatic rings. The van der Waals surface area contributed by atoms with Crippen LogP contribution in [0.2, 0.25) is 5.02 Å². The summed E-state index contributed by atoms with van der Waals surface area (Å²) in [5, 5.41) is 3.36. The molecular weight excluding hydrogens is 386 g/mol. The minimum Gasteiger partial charge on any atom is -0.496 e. The van der Waals surface area contributed by atoms with Crippen molar-refractivity contribution >= 4 is 28.5 Å². The summed E-state index contributed by atoms with van der Waals surface area (Å²) < 4.78 is 7.59. The van der Waals surface area contributed by atoms with Crippen molar-refractivity contribution in [3.05, 3.63) is 94.8 Å². The molecule has 0 saturated heterocycles. The zero-order valence-electron chi connectivity index (χ0n) is 15.9. The Bertz CT molecular complexity index is 1170. The van der Waals surface area contributed by atoms with Gasteiger partial charge >= 0.3 is 0 Å². The Balaban J connectivity index is 1.65. The quantitative estimate of drug-likeness (QED) is 0.507. The van der Waals surface area contributed by atoms with Gasteiger partial charge in [0.25, 0.3) is 5.91 Å². The van der Waals surface area contributed by atoms with Gasteiger partial charge in [0.1, 0.15) is 11.6 Å². The second-order valence-electron chi connectivity index (χ2n) is 6.58. The molecule has 29 heavy (non-hydrogen) atoms. The maximum atomic E-state index is 12.6. The molecule has 0 radical (unpaired) electrons. The van der Waals surface area contributed by atoms with Crippen LogP contribution in [0.25, 0.3) is 11.0 Å². The molecule has 146 valence electrons. The van der Waals surface area contributed by atoms with Crippen molar-refractivity contribution in [2.24, 2.45) is 0 Å². The topological polar surface area (TPSA) is 56.1 Å². The number of amides is 1. The molecule has 0 saturated carbocycles. The SMILES string of the molecule is COc1ccccc1Cn1c(CNC(=O)c2ccccc2Cl)nc2ccccc21. The van der Waals surface area contributed by atoms with E-state index in [0.717, 1.165) is 28.2 Å². The number of imidazole rings is 1. The molecule has 1 amide bonds. The van der Waals surface area contributed by atoms with Crippen molar-refractivity contribution in [2.75, 3.05) is 7.11 Å². The van der Waals surface area contributed by atoms with Crippen LogP contribution in [0.5, 0.6) is 5.75 Å². The van der Waals surface area contributed by atoms with Crippen LogP contribution >= 0.6 is 11.6 Å². The lowest BCUT2D eigenvalue weighted by atomic mass is 10.2. The van der Waals surface area contributed by atoms with Crippen LogP contribution < -0.4 is 10.1 Å². The van der Waals surface area contributed by atoms with Gasteiger partial charge in [0.2, 0.25) is 0 Å². The van der Waals surface area contributed by atoms with Gasteiger partial charge in [-0.1, -0.05) is 54.1 Å². The van der Waals surface area contributed by atoms with Crippen molar-refractivity contribution in [3.63, 3.8) is 0 Å². The fourth-order valence-electron chi connectivity index (χ4n) is 3.34. The van der Waals surface area contributed by atoms with Crippen LogP contribution in [0.15, 0.2) is 72.8 Å². The van der Waals surface area contributed by atoms with Crippen molar-refractivity contribution in [2.45, 2.75) is 13.1 Å². The third-order valence-electron chi connectivity index (χ3n) is 4.78. The van der Waals surface area contributed by atoms with E-state index < -0.39 is 0 Å². The van der Waals surface area contributed by atoms with E-state index in [4.69, 9.17) is 21.3 Å². The van der Waals surface area contributed by atoms with Crippen molar-refractivity contribution in [3.8, 4) is 5.75 Å². The number of carbonyl (C=O) groups excluding carboxylic acids is 1. The molecule has 0 spiro atoms. The number of methoxy groups -OCH3 is 1. The predicted octanol–water partition coefficient (Wildman–Crippen LogP) is 4.68. The molecule has 5 nitrogen and oxygen atoms in total. The molecule has 0 aliphatic heterocycles. The zero-order chi connectivity index (χ0) is 20.2. The third-order valence-corrected chi connectivity index (χ3v) is 5.11. The summed E-state index contributed by atoms with van der Waals surface area (Å²) >= 11 is 6.14. The summed E-state index contributed by atoms with van der Waals surface area (Å²) in [5.41, 5.74) is 3.36. The third kappa shape index (κ3) is 3.96. The minimum absolute atomic E-state index is 0.230. The lowest BCUT2D eigenvalue weighted by Crippen LogP contribution is -2.25. The van der Waals surface area contributed by atoms with E-state index in [1.54, 1.807) is 31.4 Å². The van der Waals surface area contributed by atoms with Gasteiger partial charge in [-0.25, -0.2) is 4.98 Å². The molecule has 0 fully saturated rings. The molecule has 1 aromatic heterocycles. The Morgan fingerprint density at radius 1 is 1.03 bits per heavy atom. The number of rotatable bonds is 6. The van der Waals surface area contributed by atoms with Crippen LogP contribution in [-0.4, -0.2) is 22.6 Å². The highest BCUT2D eigenvalue weighted by atomic mass is 35.5. The van der Waals surface area contributed by atoms with Crippen LogP contribution in [0, 0.1) is 0 Å². The second-order valence-corrected chi connectivity index (χ2v) is 6.98. The number of benzene rings is 3. The summed E-state index contributed by atoms with van der Waals surface area (Å²) in [6.07, 6.45) is 0. The van der Waals surface area contributed by atoms with Gasteiger partial charge in [0.15, 0.2) is 0 Å². The molecule has 0 bridgehead atoms. The van der Waals surface area contributed by atoms with Gasteiger partial charge in [-0.15, -0.1) is 0 Å². The van der Waals surface area contributed by atoms with Crippen molar-refractivity contribution < 1.29 is 9.53 Å². The predicted molar refractivity (Wildman–Crippen MR) is 114 cm³/mol. The number of aromatic nitrogens is 2. The Morgan fingerprint density at radius 3 is 2.59 bits per heavy atom. The molecule has 0 unspecified atom stereocenters. The number of nitrogens with one attached hydrogen (secondary N) is 1. The smallest absolute Gasteiger partial charge is 0.253 e. The molecule has 4 rings (SSSR count). The number of hydrogen-bond acceptors (Lipinski definition) is 3. The Morgan fingerprint density at radius 2 is 1.76 bits per heavy atom. The summed E-state index contributed by atoms with van der Waals surface area (Å²) in [4.78, 5) is 17.3. The first kappa shape index (κ1) is 19.0. The van der Waals surface area contributed by atoms with E-state index in [9.17, 15) is 4.79 Å². The number of halogens is 1. The van der Waals surface area contributed by atoms with E-state index in [1.165, 1.54) is 0 Å². The first-order chi connectivity index (χ1) is 14.2. The summed E-state index contributed by atoms with van der Waals surface area (Å²) in [7, 11) is 1.66. The average molecular weight is 406 g/mol. The maximum absolute atomic E-state index is 12.6. The monoisotopic (exact) mass is 405 g/mol. The lowest BCUT2D eigenvalue weighted by Gasteiger charge is -2.13. The van der Waals surface area contributed by atoms with E-state index in [0.29, 0.717) is 17.1 Å². The van der Waals surface area contributed by atoms with Gasteiger partial charge < -0.3 is 14.6 Å². The Kier molecular flexibility index (Phi) is 5.49. The summed E-state index contributed by atoms with van der Waals surface area (Å²) in [5.74, 6) is 1.35. The van der Waals surface area contributed by atoms with Crippen LogP contribution in [0.4, 0.5) is 0 Å². The molecule has 0 aliphatic carbocycles. The van der Waals surface area contributed by atoms with E-state index in [-0.39, 0.29) is 12.5 Å². The molecular formula is C23H20ClN3O2. The highest BCUT2D eigenvalue weighted by Crippen LogP contribution is 2.23. The first-order valence-electron chi connectivity index (χ1n) is 9.26. The number of hydrogen-bond donors (Lipinski definition) is 1. The van der Waals surface area contributed by atoms with Gasteiger partial charge in [0.05, 0.1) is 41.8 Å². The highest BCUT2D eigenvalue weighted by Gasteiger charge is 2.15. The molecule has 1 heterocycles. The Labute approximate surface area is 173 Å². The normalized spacial score (nSPS) is 10.8.